The summed E-state index contributed by atoms with van der Waals surface area (Å²) in [6.07, 6.45) is 1.73. The molecule has 0 spiro atoms. The zero-order valence-electron chi connectivity index (χ0n) is 5.79. The second-order valence-electron chi connectivity index (χ2n) is 1.81. The van der Waals surface area contributed by atoms with Crippen LogP contribution in [0.5, 0.6) is 5.88 Å². The quantitative estimate of drug-likeness (QED) is 0.403. The molecule has 0 saturated carbocycles. The number of H-pyrrole nitrogens is 1. The molecule has 0 fully saturated rings. The molecule has 0 saturated heterocycles. The maximum Gasteiger partial charge on any atom is 0.278 e. The Morgan fingerprint density at radius 1 is 1.73 bits per heavy atom. The largest absolute Gasteiger partial charge is 0.492 e. The number of rotatable bonds is 1. The molecule has 0 unspecified atom stereocenters. The SMILES string of the molecule is CSc1nc(O)c(N)c(=O)[nH]1. The second-order valence-corrected chi connectivity index (χ2v) is 2.61. The maximum absolute atomic E-state index is 10.8. The number of hydrogen-bond donors (Lipinski definition) is 3. The van der Waals surface area contributed by atoms with E-state index in [9.17, 15) is 4.79 Å². The van der Waals surface area contributed by atoms with E-state index in [-0.39, 0.29) is 5.69 Å². The molecule has 5 nitrogen and oxygen atoms in total. The highest BCUT2D eigenvalue weighted by Gasteiger charge is 2.04. The van der Waals surface area contributed by atoms with Gasteiger partial charge in [0.2, 0.25) is 5.88 Å². The normalized spacial score (nSPS) is 9.91. The number of nitrogens with zero attached hydrogens (tertiary/aromatic N) is 1. The van der Waals surface area contributed by atoms with Gasteiger partial charge in [0.1, 0.15) is 0 Å². The first kappa shape index (κ1) is 7.93. The highest BCUT2D eigenvalue weighted by molar-refractivity contribution is 7.98. The van der Waals surface area contributed by atoms with Gasteiger partial charge in [-0.1, -0.05) is 11.8 Å². The lowest BCUT2D eigenvalue weighted by atomic mass is 10.5. The van der Waals surface area contributed by atoms with Crippen molar-refractivity contribution in [1.82, 2.24) is 9.97 Å². The summed E-state index contributed by atoms with van der Waals surface area (Å²) < 4.78 is 0. The fourth-order valence-electron chi connectivity index (χ4n) is 0.547. The Labute approximate surface area is 66.7 Å². The van der Waals surface area contributed by atoms with E-state index in [1.165, 1.54) is 11.8 Å². The molecule has 4 N–H and O–H groups in total. The van der Waals surface area contributed by atoms with E-state index >= 15 is 0 Å². The number of thioether (sulfide) groups is 1. The summed E-state index contributed by atoms with van der Waals surface area (Å²) in [7, 11) is 0. The van der Waals surface area contributed by atoms with Gasteiger partial charge in [-0.15, -0.1) is 0 Å². The minimum absolute atomic E-state index is 0.247. The molecule has 1 aromatic heterocycles. The highest BCUT2D eigenvalue weighted by Crippen LogP contribution is 2.14. The molecule has 0 aliphatic heterocycles. The lowest BCUT2D eigenvalue weighted by Gasteiger charge is -1.97. The molecule has 0 aliphatic carbocycles. The first-order chi connectivity index (χ1) is 5.15. The molecule has 0 amide bonds. The van der Waals surface area contributed by atoms with Gasteiger partial charge in [-0.25, -0.2) is 0 Å². The highest BCUT2D eigenvalue weighted by atomic mass is 32.2. The third kappa shape index (κ3) is 1.45. The summed E-state index contributed by atoms with van der Waals surface area (Å²) in [5.74, 6) is -0.418. The molecule has 6 heteroatoms. The first-order valence-corrected chi connectivity index (χ1v) is 4.00. The van der Waals surface area contributed by atoms with Gasteiger partial charge in [-0.05, 0) is 6.26 Å². The predicted molar refractivity (Wildman–Crippen MR) is 42.7 cm³/mol. The summed E-state index contributed by atoms with van der Waals surface area (Å²) in [6, 6.07) is 0. The van der Waals surface area contributed by atoms with E-state index in [2.05, 4.69) is 9.97 Å². The van der Waals surface area contributed by atoms with E-state index in [4.69, 9.17) is 10.8 Å². The molecule has 1 rings (SSSR count). The first-order valence-electron chi connectivity index (χ1n) is 2.78. The Kier molecular flexibility index (Phi) is 2.04. The average Bonchev–Trinajstić information content (AvgIpc) is 1.99. The van der Waals surface area contributed by atoms with Gasteiger partial charge in [-0.2, -0.15) is 4.98 Å². The van der Waals surface area contributed by atoms with Crippen molar-refractivity contribution in [1.29, 1.82) is 0 Å². The van der Waals surface area contributed by atoms with Crippen LogP contribution in [0, 0.1) is 0 Å². The van der Waals surface area contributed by atoms with Gasteiger partial charge in [0.05, 0.1) is 0 Å². The van der Waals surface area contributed by atoms with Gasteiger partial charge in [0.15, 0.2) is 10.8 Å². The van der Waals surface area contributed by atoms with Crippen molar-refractivity contribution < 1.29 is 5.11 Å². The second kappa shape index (κ2) is 2.83. The van der Waals surface area contributed by atoms with Crippen LogP contribution >= 0.6 is 11.8 Å². The van der Waals surface area contributed by atoms with Crippen LogP contribution in [0.1, 0.15) is 0 Å². The molecule has 1 aromatic rings. The topological polar surface area (TPSA) is 92.0 Å². The zero-order chi connectivity index (χ0) is 8.43. The number of anilines is 1. The average molecular weight is 173 g/mol. The van der Waals surface area contributed by atoms with Gasteiger partial charge in [0.25, 0.3) is 5.56 Å². The van der Waals surface area contributed by atoms with Crippen LogP contribution in [0.25, 0.3) is 0 Å². The number of aromatic amines is 1. The van der Waals surface area contributed by atoms with Crippen molar-refractivity contribution in [3.8, 4) is 5.88 Å². The third-order valence-corrected chi connectivity index (χ3v) is 1.69. The van der Waals surface area contributed by atoms with Gasteiger partial charge in [-0.3, -0.25) is 9.78 Å². The summed E-state index contributed by atoms with van der Waals surface area (Å²) in [5.41, 5.74) is 4.38. The van der Waals surface area contributed by atoms with Crippen LogP contribution in [-0.2, 0) is 0 Å². The van der Waals surface area contributed by atoms with Gasteiger partial charge in [0, 0.05) is 0 Å². The number of hydrogen-bond acceptors (Lipinski definition) is 5. The van der Waals surface area contributed by atoms with Crippen LogP contribution in [-0.4, -0.2) is 21.3 Å². The lowest BCUT2D eigenvalue weighted by Crippen LogP contribution is -2.13. The molecule has 60 valence electrons. The number of aromatic nitrogens is 2. The van der Waals surface area contributed by atoms with Crippen molar-refractivity contribution in [3.05, 3.63) is 10.4 Å². The molecule has 11 heavy (non-hydrogen) atoms. The van der Waals surface area contributed by atoms with Crippen LogP contribution < -0.4 is 11.3 Å². The van der Waals surface area contributed by atoms with Crippen molar-refractivity contribution in [2.75, 3.05) is 12.0 Å². The monoisotopic (exact) mass is 173 g/mol. The predicted octanol–water partition coefficient (Wildman–Crippen LogP) is -0.220. The molecule has 0 aliphatic rings. The summed E-state index contributed by atoms with van der Waals surface area (Å²) in [4.78, 5) is 16.8. The number of nitrogens with two attached hydrogens (primary N) is 1. The van der Waals surface area contributed by atoms with Crippen LogP contribution in [0.3, 0.4) is 0 Å². The van der Waals surface area contributed by atoms with Crippen molar-refractivity contribution in [2.45, 2.75) is 5.16 Å². The van der Waals surface area contributed by atoms with Crippen molar-refractivity contribution in [3.63, 3.8) is 0 Å². The Balaban J connectivity index is 3.32. The van der Waals surface area contributed by atoms with Crippen molar-refractivity contribution in [2.24, 2.45) is 0 Å². The van der Waals surface area contributed by atoms with E-state index in [1.54, 1.807) is 6.26 Å². The number of aromatic hydroxyl groups is 1. The van der Waals surface area contributed by atoms with Gasteiger partial charge < -0.3 is 10.8 Å². The van der Waals surface area contributed by atoms with Crippen LogP contribution in [0.4, 0.5) is 5.69 Å². The molecular formula is C5H7N3O2S. The minimum Gasteiger partial charge on any atom is -0.492 e. The van der Waals surface area contributed by atoms with E-state index in [1.807, 2.05) is 0 Å². The Morgan fingerprint density at radius 2 is 2.36 bits per heavy atom. The Hall–Kier alpha value is -1.17. The van der Waals surface area contributed by atoms with Crippen LogP contribution in [0.2, 0.25) is 0 Å². The van der Waals surface area contributed by atoms with E-state index < -0.39 is 11.4 Å². The molecule has 0 bridgehead atoms. The summed E-state index contributed by atoms with van der Waals surface area (Å²) in [5, 5.41) is 9.29. The Bertz CT molecular complexity index is 322. The smallest absolute Gasteiger partial charge is 0.278 e. The Morgan fingerprint density at radius 3 is 2.82 bits per heavy atom. The summed E-state index contributed by atoms with van der Waals surface area (Å²) in [6.45, 7) is 0. The number of nitrogens with one attached hydrogen (secondary N) is 1. The molecular weight excluding hydrogens is 166 g/mol. The lowest BCUT2D eigenvalue weighted by molar-refractivity contribution is 0.447. The zero-order valence-corrected chi connectivity index (χ0v) is 6.60. The van der Waals surface area contributed by atoms with E-state index in [0.717, 1.165) is 0 Å². The van der Waals surface area contributed by atoms with Crippen LogP contribution in [0.15, 0.2) is 9.95 Å². The fourth-order valence-corrected chi connectivity index (χ4v) is 0.920. The van der Waals surface area contributed by atoms with Gasteiger partial charge >= 0.3 is 0 Å². The standard InChI is InChI=1S/C5H7N3O2S/c1-11-5-7-3(9)2(6)4(10)8-5/h6H2,1H3,(H2,7,8,9,10). The third-order valence-electron chi connectivity index (χ3n) is 1.11. The maximum atomic E-state index is 10.8. The molecule has 0 aromatic carbocycles. The fraction of sp³-hybridized carbons (Fsp3) is 0.200. The van der Waals surface area contributed by atoms with Crippen molar-refractivity contribution >= 4 is 17.4 Å². The summed E-state index contributed by atoms with van der Waals surface area (Å²) >= 11 is 1.22. The molecule has 0 radical (unpaired) electrons. The molecule has 0 atom stereocenters. The number of nitrogen functional groups attached to an aromatic ring is 1. The van der Waals surface area contributed by atoms with E-state index in [0.29, 0.717) is 5.16 Å². The molecule has 1 heterocycles. The minimum atomic E-state index is -0.512.